The van der Waals surface area contributed by atoms with Crippen LogP contribution in [0.2, 0.25) is 0 Å². The van der Waals surface area contributed by atoms with Crippen molar-refractivity contribution >= 4 is 39.7 Å². The normalized spacial score (nSPS) is 13.8. The van der Waals surface area contributed by atoms with Crippen molar-refractivity contribution in [3.63, 3.8) is 0 Å². The molecule has 0 N–H and O–H groups in total. The van der Waals surface area contributed by atoms with Crippen molar-refractivity contribution in [2.75, 3.05) is 36.9 Å². The Labute approximate surface area is 141 Å². The van der Waals surface area contributed by atoms with Crippen molar-refractivity contribution < 1.29 is 4.74 Å². The summed E-state index contributed by atoms with van der Waals surface area (Å²) in [6, 6.07) is 6.46. The first-order chi connectivity index (χ1) is 11.2. The lowest BCUT2D eigenvalue weighted by molar-refractivity contribution is 0.205. The van der Waals surface area contributed by atoms with Crippen LogP contribution in [-0.4, -0.2) is 37.1 Å². The first kappa shape index (κ1) is 15.8. The van der Waals surface area contributed by atoms with Crippen LogP contribution in [0.25, 0.3) is 4.91 Å². The molecule has 1 aromatic heterocycles. The van der Waals surface area contributed by atoms with Crippen molar-refractivity contribution in [1.82, 2.24) is 9.97 Å². The molecule has 1 aliphatic heterocycles. The maximum absolute atomic E-state index is 5.40. The molecule has 0 spiro atoms. The number of rotatable bonds is 4. The van der Waals surface area contributed by atoms with Crippen molar-refractivity contribution in [3.05, 3.63) is 42.2 Å². The topological polar surface area (TPSA) is 41.5 Å². The summed E-state index contributed by atoms with van der Waals surface area (Å²) in [5, 5.41) is 0. The van der Waals surface area contributed by atoms with Gasteiger partial charge in [-0.25, -0.2) is 9.97 Å². The molecule has 0 amide bonds. The fourth-order valence-corrected chi connectivity index (χ4v) is 3.42. The van der Waals surface area contributed by atoms with E-state index in [9.17, 15) is 0 Å². The molecule has 23 heavy (non-hydrogen) atoms. The number of allylic oxidation sites excluding steroid dienone is 1. The zero-order valence-electron chi connectivity index (χ0n) is 13.8. The molecular formula is C17H20N4OS. The van der Waals surface area contributed by atoms with Crippen molar-refractivity contribution in [2.24, 2.45) is 0 Å². The highest BCUT2D eigenvalue weighted by Gasteiger charge is 2.28. The van der Waals surface area contributed by atoms with Crippen LogP contribution >= 0.6 is 11.8 Å². The summed E-state index contributed by atoms with van der Waals surface area (Å²) in [7, 11) is 3.71. The maximum atomic E-state index is 5.40. The molecule has 5 nitrogen and oxygen atoms in total. The minimum atomic E-state index is 0.431. The molecular weight excluding hydrogens is 308 g/mol. The van der Waals surface area contributed by atoms with E-state index < -0.39 is 0 Å². The van der Waals surface area contributed by atoms with Crippen LogP contribution in [0.5, 0.6) is 0 Å². The summed E-state index contributed by atoms with van der Waals surface area (Å²) >= 11 is 1.74. The second-order valence-electron chi connectivity index (χ2n) is 5.17. The van der Waals surface area contributed by atoms with Crippen LogP contribution in [0, 0.1) is 0 Å². The smallest absolute Gasteiger partial charge is 0.178 e. The summed E-state index contributed by atoms with van der Waals surface area (Å²) < 4.78 is 5.40. The van der Waals surface area contributed by atoms with E-state index in [1.54, 1.807) is 31.3 Å². The number of anilines is 4. The van der Waals surface area contributed by atoms with Gasteiger partial charge >= 0.3 is 0 Å². The predicted molar refractivity (Wildman–Crippen MR) is 97.7 cm³/mol. The van der Waals surface area contributed by atoms with Gasteiger partial charge in [0, 0.05) is 31.5 Å². The Morgan fingerprint density at radius 3 is 2.61 bits per heavy atom. The molecule has 0 saturated carbocycles. The third-order valence-corrected chi connectivity index (χ3v) is 4.80. The number of methoxy groups -OCH3 is 1. The summed E-state index contributed by atoms with van der Waals surface area (Å²) in [6.45, 7) is 2.49. The highest BCUT2D eigenvalue weighted by atomic mass is 32.2. The van der Waals surface area contributed by atoms with Gasteiger partial charge in [-0.2, -0.15) is 0 Å². The number of aromatic nitrogens is 2. The summed E-state index contributed by atoms with van der Waals surface area (Å²) in [6.07, 6.45) is 7.65. The lowest BCUT2D eigenvalue weighted by Gasteiger charge is -2.36. The van der Waals surface area contributed by atoms with Gasteiger partial charge in [0.1, 0.15) is 6.73 Å². The van der Waals surface area contributed by atoms with Crippen molar-refractivity contribution in [1.29, 1.82) is 0 Å². The van der Waals surface area contributed by atoms with Gasteiger partial charge in [0.2, 0.25) is 0 Å². The van der Waals surface area contributed by atoms with E-state index >= 15 is 0 Å². The zero-order valence-corrected chi connectivity index (χ0v) is 14.6. The average molecular weight is 328 g/mol. The van der Waals surface area contributed by atoms with E-state index in [1.807, 2.05) is 7.05 Å². The standard InChI is InChI=1S/C17H20N4OS/c1-5-15(23-4)12-6-7-13-14(10-12)21(11-22-3)17-16(20(13)2)18-8-9-19-17/h5-10H,11H2,1-4H3/b15-5-. The van der Waals surface area contributed by atoms with E-state index in [-0.39, 0.29) is 0 Å². The molecule has 2 aromatic rings. The average Bonchev–Trinajstić information content (AvgIpc) is 2.59. The molecule has 0 radical (unpaired) electrons. The fraction of sp³-hybridized carbons (Fsp3) is 0.294. The number of nitrogens with zero attached hydrogens (tertiary/aromatic N) is 4. The number of fused-ring (bicyclic) bond motifs is 2. The highest BCUT2D eigenvalue weighted by molar-refractivity contribution is 8.07. The van der Waals surface area contributed by atoms with Crippen LogP contribution < -0.4 is 9.80 Å². The highest BCUT2D eigenvalue weighted by Crippen LogP contribution is 2.46. The van der Waals surface area contributed by atoms with Crippen LogP contribution in [0.3, 0.4) is 0 Å². The molecule has 0 aliphatic carbocycles. The Kier molecular flexibility index (Phi) is 4.54. The third-order valence-electron chi connectivity index (χ3n) is 3.89. The second kappa shape index (κ2) is 6.60. The van der Waals surface area contributed by atoms with Gasteiger partial charge < -0.3 is 9.64 Å². The van der Waals surface area contributed by atoms with Crippen molar-refractivity contribution in [2.45, 2.75) is 6.92 Å². The summed E-state index contributed by atoms with van der Waals surface area (Å²) in [5.74, 6) is 1.65. The number of hydrogen-bond acceptors (Lipinski definition) is 6. The first-order valence-electron chi connectivity index (χ1n) is 7.37. The third kappa shape index (κ3) is 2.68. The van der Waals surface area contributed by atoms with Crippen LogP contribution in [0.4, 0.5) is 23.0 Å². The Bertz CT molecular complexity index is 747. The van der Waals surface area contributed by atoms with E-state index in [0.29, 0.717) is 6.73 Å². The summed E-state index contributed by atoms with van der Waals surface area (Å²) in [4.78, 5) is 14.4. The van der Waals surface area contributed by atoms with Gasteiger partial charge in [-0.3, -0.25) is 4.90 Å². The fourth-order valence-electron chi connectivity index (χ4n) is 2.82. The predicted octanol–water partition coefficient (Wildman–Crippen LogP) is 4.02. The molecule has 0 bridgehead atoms. The number of benzene rings is 1. The Hall–Kier alpha value is -2.05. The minimum absolute atomic E-state index is 0.431. The molecule has 1 aliphatic rings. The lowest BCUT2D eigenvalue weighted by Crippen LogP contribution is -2.30. The molecule has 2 heterocycles. The molecule has 3 rings (SSSR count). The van der Waals surface area contributed by atoms with E-state index in [1.165, 1.54) is 10.5 Å². The number of thioether (sulfide) groups is 1. The number of ether oxygens (including phenoxy) is 1. The second-order valence-corrected chi connectivity index (χ2v) is 6.02. The van der Waals surface area contributed by atoms with Gasteiger partial charge in [-0.05, 0) is 30.9 Å². The molecule has 0 atom stereocenters. The van der Waals surface area contributed by atoms with Gasteiger partial charge in [-0.1, -0.05) is 12.1 Å². The Morgan fingerprint density at radius 1 is 1.22 bits per heavy atom. The van der Waals surface area contributed by atoms with Gasteiger partial charge in [-0.15, -0.1) is 11.8 Å². The monoisotopic (exact) mass is 328 g/mol. The molecule has 1 aromatic carbocycles. The van der Waals surface area contributed by atoms with Crippen LogP contribution in [0.15, 0.2) is 36.7 Å². The molecule has 0 unspecified atom stereocenters. The lowest BCUT2D eigenvalue weighted by atomic mass is 10.1. The summed E-state index contributed by atoms with van der Waals surface area (Å²) in [5.41, 5.74) is 3.36. The SMILES string of the molecule is C/C=C(\SC)c1ccc2c(c1)N(COC)c1nccnc1N2C. The van der Waals surface area contributed by atoms with Crippen LogP contribution in [-0.2, 0) is 4.74 Å². The van der Waals surface area contributed by atoms with E-state index in [2.05, 4.69) is 57.2 Å². The molecule has 6 heteroatoms. The van der Waals surface area contributed by atoms with E-state index in [4.69, 9.17) is 4.74 Å². The minimum Gasteiger partial charge on any atom is -0.364 e. The van der Waals surface area contributed by atoms with E-state index in [0.717, 1.165) is 23.0 Å². The van der Waals surface area contributed by atoms with Gasteiger partial charge in [0.15, 0.2) is 11.6 Å². The van der Waals surface area contributed by atoms with Gasteiger partial charge in [0.05, 0.1) is 11.4 Å². The maximum Gasteiger partial charge on any atom is 0.178 e. The molecule has 0 saturated heterocycles. The Balaban J connectivity index is 2.17. The Morgan fingerprint density at radius 2 is 1.96 bits per heavy atom. The first-order valence-corrected chi connectivity index (χ1v) is 8.59. The quantitative estimate of drug-likeness (QED) is 0.844. The van der Waals surface area contributed by atoms with Crippen molar-refractivity contribution in [3.8, 4) is 0 Å². The molecule has 120 valence electrons. The largest absolute Gasteiger partial charge is 0.364 e. The van der Waals surface area contributed by atoms with Gasteiger partial charge in [0.25, 0.3) is 0 Å². The zero-order chi connectivity index (χ0) is 16.4. The molecule has 0 fully saturated rings. The number of hydrogen-bond donors (Lipinski definition) is 0. The van der Waals surface area contributed by atoms with Crippen LogP contribution in [0.1, 0.15) is 12.5 Å².